The molecule has 2 aromatic carbocycles. The third-order valence-electron chi connectivity index (χ3n) is 3.48. The molecule has 0 N–H and O–H groups in total. The summed E-state index contributed by atoms with van der Waals surface area (Å²) in [7, 11) is 0. The van der Waals surface area contributed by atoms with Crippen LogP contribution in [0.5, 0.6) is 0 Å². The molecule has 3 rings (SSSR count). The number of carbonyl (C=O) groups excluding carboxylic acids is 1. The van der Waals surface area contributed by atoms with Gasteiger partial charge in [-0.2, -0.15) is 0 Å². The van der Waals surface area contributed by atoms with Crippen molar-refractivity contribution in [2.75, 3.05) is 5.75 Å². The van der Waals surface area contributed by atoms with Gasteiger partial charge in [0.2, 0.25) is 0 Å². The molecule has 0 bridgehead atoms. The van der Waals surface area contributed by atoms with Crippen molar-refractivity contribution in [2.45, 2.75) is 12.1 Å². The van der Waals surface area contributed by atoms with Gasteiger partial charge >= 0.3 is 0 Å². The normalized spacial score (nSPS) is 10.8. The molecule has 3 aromatic rings. The van der Waals surface area contributed by atoms with Crippen molar-refractivity contribution in [3.8, 4) is 17.1 Å². The zero-order valence-corrected chi connectivity index (χ0v) is 15.4. The standard InChI is InChI=1S/C17H13Cl2N3O2S/c1-10-4-2-3-5-14(10)22-16(12-7-6-11(18)8-13(12)19)20-21-17(22)25-9-15(23)24/h2-8H,9H2,1H3,(H,23,24)/p-1. The quantitative estimate of drug-likeness (QED) is 0.622. The highest BCUT2D eigenvalue weighted by atomic mass is 35.5. The number of aromatic nitrogens is 3. The van der Waals surface area contributed by atoms with Gasteiger partial charge in [-0.25, -0.2) is 0 Å². The molecule has 0 saturated carbocycles. The average Bonchev–Trinajstić information content (AvgIpc) is 2.97. The van der Waals surface area contributed by atoms with E-state index in [1.54, 1.807) is 22.8 Å². The van der Waals surface area contributed by atoms with Crippen molar-refractivity contribution < 1.29 is 9.90 Å². The smallest absolute Gasteiger partial charge is 0.196 e. The summed E-state index contributed by atoms with van der Waals surface area (Å²) in [6, 6.07) is 12.8. The van der Waals surface area contributed by atoms with E-state index >= 15 is 0 Å². The average molecular weight is 393 g/mol. The van der Waals surface area contributed by atoms with Crippen LogP contribution in [0.3, 0.4) is 0 Å². The third kappa shape index (κ3) is 3.81. The van der Waals surface area contributed by atoms with Gasteiger partial charge in [-0.05, 0) is 36.8 Å². The molecule has 0 saturated heterocycles. The third-order valence-corrected chi connectivity index (χ3v) is 4.93. The lowest BCUT2D eigenvalue weighted by molar-refractivity contribution is -0.301. The van der Waals surface area contributed by atoms with E-state index in [9.17, 15) is 9.90 Å². The van der Waals surface area contributed by atoms with Crippen LogP contribution in [0.2, 0.25) is 10.0 Å². The molecule has 5 nitrogen and oxygen atoms in total. The number of thioether (sulfide) groups is 1. The molecule has 0 aliphatic rings. The van der Waals surface area contributed by atoms with Crippen LogP contribution in [0, 0.1) is 6.92 Å². The molecule has 8 heteroatoms. The number of rotatable bonds is 5. The minimum absolute atomic E-state index is 0.224. The lowest BCUT2D eigenvalue weighted by Crippen LogP contribution is -2.24. The predicted molar refractivity (Wildman–Crippen MR) is 97.3 cm³/mol. The number of carboxylic acid groups (broad SMARTS) is 1. The second-order valence-corrected chi connectivity index (χ2v) is 7.00. The molecular weight excluding hydrogens is 381 g/mol. The minimum Gasteiger partial charge on any atom is -0.549 e. The molecular formula is C17H12Cl2N3O2S-. The van der Waals surface area contributed by atoms with Gasteiger partial charge in [0.05, 0.1) is 16.7 Å². The first-order chi connectivity index (χ1) is 12.0. The number of carbonyl (C=O) groups is 1. The summed E-state index contributed by atoms with van der Waals surface area (Å²) in [5.41, 5.74) is 2.49. The Bertz CT molecular complexity index is 943. The van der Waals surface area contributed by atoms with Crippen molar-refractivity contribution in [3.63, 3.8) is 0 Å². The van der Waals surface area contributed by atoms with Crippen LogP contribution in [0.25, 0.3) is 17.1 Å². The van der Waals surface area contributed by atoms with Crippen molar-refractivity contribution >= 4 is 40.9 Å². The van der Waals surface area contributed by atoms with Gasteiger partial charge in [0.15, 0.2) is 11.0 Å². The van der Waals surface area contributed by atoms with E-state index in [1.807, 2.05) is 31.2 Å². The number of benzene rings is 2. The first kappa shape index (κ1) is 17.8. The molecule has 0 aliphatic heterocycles. The Morgan fingerprint density at radius 2 is 1.96 bits per heavy atom. The second kappa shape index (κ2) is 7.47. The number of aliphatic carboxylic acids is 1. The van der Waals surface area contributed by atoms with E-state index in [2.05, 4.69) is 10.2 Å². The maximum atomic E-state index is 10.8. The number of carboxylic acids is 1. The first-order valence-corrected chi connectivity index (χ1v) is 9.01. The van der Waals surface area contributed by atoms with E-state index in [4.69, 9.17) is 23.2 Å². The highest BCUT2D eigenvalue weighted by molar-refractivity contribution is 7.99. The Hall–Kier alpha value is -2.02. The summed E-state index contributed by atoms with van der Waals surface area (Å²) in [6.07, 6.45) is 0. The second-order valence-electron chi connectivity index (χ2n) is 5.21. The molecule has 0 spiro atoms. The summed E-state index contributed by atoms with van der Waals surface area (Å²) >= 11 is 13.3. The van der Waals surface area contributed by atoms with Crippen molar-refractivity contribution in [1.29, 1.82) is 0 Å². The van der Waals surface area contributed by atoms with E-state index in [0.717, 1.165) is 23.0 Å². The van der Waals surface area contributed by atoms with Gasteiger partial charge < -0.3 is 9.90 Å². The fourth-order valence-corrected chi connectivity index (χ4v) is 3.52. The Morgan fingerprint density at radius 1 is 1.20 bits per heavy atom. The van der Waals surface area contributed by atoms with Crippen LogP contribution in [0.4, 0.5) is 0 Å². The van der Waals surface area contributed by atoms with Crippen LogP contribution < -0.4 is 5.11 Å². The number of para-hydroxylation sites is 1. The molecule has 0 atom stereocenters. The summed E-state index contributed by atoms with van der Waals surface area (Å²) < 4.78 is 1.79. The van der Waals surface area contributed by atoms with E-state index in [1.165, 1.54) is 0 Å². The summed E-state index contributed by atoms with van der Waals surface area (Å²) in [4.78, 5) is 10.8. The topological polar surface area (TPSA) is 70.8 Å². The fraction of sp³-hybridized carbons (Fsp3) is 0.118. The molecule has 0 amide bonds. The zero-order chi connectivity index (χ0) is 18.0. The Morgan fingerprint density at radius 3 is 2.64 bits per heavy atom. The van der Waals surface area contributed by atoms with Crippen molar-refractivity contribution in [1.82, 2.24) is 14.8 Å². The van der Waals surface area contributed by atoms with Crippen molar-refractivity contribution in [2.24, 2.45) is 0 Å². The lowest BCUT2D eigenvalue weighted by Gasteiger charge is -2.13. The Kier molecular flexibility index (Phi) is 5.32. The fourth-order valence-electron chi connectivity index (χ4n) is 2.36. The van der Waals surface area contributed by atoms with Gasteiger partial charge in [0, 0.05) is 16.3 Å². The van der Waals surface area contributed by atoms with Gasteiger partial charge in [0.25, 0.3) is 0 Å². The Labute approximate surface area is 158 Å². The largest absolute Gasteiger partial charge is 0.549 e. The van der Waals surface area contributed by atoms with Gasteiger partial charge in [-0.15, -0.1) is 10.2 Å². The molecule has 1 heterocycles. The lowest BCUT2D eigenvalue weighted by atomic mass is 10.1. The molecule has 0 radical (unpaired) electrons. The number of halogens is 2. The van der Waals surface area contributed by atoms with Crippen LogP contribution in [0.15, 0.2) is 47.6 Å². The highest BCUT2D eigenvalue weighted by Gasteiger charge is 2.19. The molecule has 0 fully saturated rings. The van der Waals surface area contributed by atoms with E-state index in [0.29, 0.717) is 26.6 Å². The van der Waals surface area contributed by atoms with Crippen LogP contribution in [0.1, 0.15) is 5.56 Å². The Balaban J connectivity index is 2.19. The monoisotopic (exact) mass is 392 g/mol. The maximum Gasteiger partial charge on any atom is 0.196 e. The van der Waals surface area contributed by atoms with Crippen LogP contribution >= 0.6 is 35.0 Å². The maximum absolute atomic E-state index is 10.8. The summed E-state index contributed by atoms with van der Waals surface area (Å²) in [6.45, 7) is 1.95. The molecule has 0 unspecified atom stereocenters. The highest BCUT2D eigenvalue weighted by Crippen LogP contribution is 2.34. The van der Waals surface area contributed by atoms with E-state index in [-0.39, 0.29) is 5.75 Å². The molecule has 0 aliphatic carbocycles. The van der Waals surface area contributed by atoms with Crippen molar-refractivity contribution in [3.05, 3.63) is 58.1 Å². The minimum atomic E-state index is -1.17. The zero-order valence-electron chi connectivity index (χ0n) is 13.1. The summed E-state index contributed by atoms with van der Waals surface area (Å²) in [5, 5.41) is 20.6. The van der Waals surface area contributed by atoms with Gasteiger partial charge in [0.1, 0.15) is 0 Å². The van der Waals surface area contributed by atoms with Gasteiger partial charge in [-0.1, -0.05) is 53.2 Å². The number of aryl methyl sites for hydroxylation is 1. The van der Waals surface area contributed by atoms with Crippen LogP contribution in [-0.2, 0) is 4.79 Å². The number of nitrogens with zero attached hydrogens (tertiary/aromatic N) is 3. The van der Waals surface area contributed by atoms with E-state index < -0.39 is 5.97 Å². The molecule has 25 heavy (non-hydrogen) atoms. The predicted octanol–water partition coefficient (Wildman–Crippen LogP) is 3.39. The number of hydrogen-bond donors (Lipinski definition) is 0. The first-order valence-electron chi connectivity index (χ1n) is 7.27. The summed E-state index contributed by atoms with van der Waals surface area (Å²) in [5.74, 6) is -0.884. The SMILES string of the molecule is Cc1ccccc1-n1c(SCC(=O)[O-])nnc1-c1ccc(Cl)cc1Cl. The molecule has 128 valence electrons. The molecule has 1 aromatic heterocycles. The van der Waals surface area contributed by atoms with Gasteiger partial charge in [-0.3, -0.25) is 4.57 Å². The van der Waals surface area contributed by atoms with Crippen LogP contribution in [-0.4, -0.2) is 26.5 Å². The number of hydrogen-bond acceptors (Lipinski definition) is 5.